The Labute approximate surface area is 93.4 Å². The molecule has 4 heteroatoms. The first-order valence-corrected chi connectivity index (χ1v) is 5.01. The Morgan fingerprint density at radius 3 is 2.53 bits per heavy atom. The van der Waals surface area contributed by atoms with Crippen LogP contribution in [0.25, 0.3) is 0 Å². The number of amides is 1. The predicted octanol–water partition coefficient (Wildman–Crippen LogP) is 1.81. The highest BCUT2D eigenvalue weighted by molar-refractivity contribution is 7.80. The Hall–Kier alpha value is -1.68. The van der Waals surface area contributed by atoms with Crippen molar-refractivity contribution in [3.05, 3.63) is 42.1 Å². The molecule has 0 bridgehead atoms. The first-order valence-electron chi connectivity index (χ1n) is 4.61. The molecular formula is C11H10N2OS. The van der Waals surface area contributed by atoms with E-state index in [-0.39, 0.29) is 5.91 Å². The van der Waals surface area contributed by atoms with E-state index in [9.17, 15) is 4.79 Å². The molecule has 2 rings (SSSR count). The second kappa shape index (κ2) is 3.82. The maximum atomic E-state index is 11.9. The molecule has 3 nitrogen and oxygen atoms in total. The summed E-state index contributed by atoms with van der Waals surface area (Å²) in [6, 6.07) is 9.35. The molecule has 1 aliphatic rings. The zero-order valence-corrected chi connectivity index (χ0v) is 9.04. The van der Waals surface area contributed by atoms with Crippen LogP contribution in [0.5, 0.6) is 0 Å². The van der Waals surface area contributed by atoms with Gasteiger partial charge in [0.2, 0.25) is 0 Å². The average molecular weight is 218 g/mol. The summed E-state index contributed by atoms with van der Waals surface area (Å²) in [4.78, 5) is 13.3. The zero-order valence-electron chi connectivity index (χ0n) is 8.23. The van der Waals surface area contributed by atoms with Crippen LogP contribution in [-0.4, -0.2) is 11.0 Å². The SMILES string of the molecule is C/C=C1\NC(=S)N(c2ccccc2)C1=O. The Morgan fingerprint density at radius 1 is 1.33 bits per heavy atom. The normalized spacial score (nSPS) is 18.5. The predicted molar refractivity (Wildman–Crippen MR) is 63.4 cm³/mol. The maximum absolute atomic E-state index is 11.9. The van der Waals surface area contributed by atoms with Gasteiger partial charge in [0, 0.05) is 0 Å². The topological polar surface area (TPSA) is 32.3 Å². The molecule has 1 aromatic carbocycles. The lowest BCUT2D eigenvalue weighted by Gasteiger charge is -2.13. The minimum Gasteiger partial charge on any atom is -0.328 e. The second-order valence-corrected chi connectivity index (χ2v) is 3.50. The molecule has 1 heterocycles. The Balaban J connectivity index is 2.40. The molecule has 1 saturated heterocycles. The van der Waals surface area contributed by atoms with E-state index in [0.29, 0.717) is 10.8 Å². The molecule has 0 radical (unpaired) electrons. The van der Waals surface area contributed by atoms with Crippen LogP contribution in [-0.2, 0) is 4.79 Å². The van der Waals surface area contributed by atoms with Crippen LogP contribution in [0.2, 0.25) is 0 Å². The monoisotopic (exact) mass is 218 g/mol. The number of hydrogen-bond acceptors (Lipinski definition) is 2. The first kappa shape index (κ1) is 9.86. The van der Waals surface area contributed by atoms with Crippen LogP contribution in [0.3, 0.4) is 0 Å². The molecule has 0 atom stereocenters. The molecule has 1 fully saturated rings. The largest absolute Gasteiger partial charge is 0.328 e. The lowest BCUT2D eigenvalue weighted by atomic mass is 10.3. The molecule has 15 heavy (non-hydrogen) atoms. The fourth-order valence-electron chi connectivity index (χ4n) is 1.44. The zero-order chi connectivity index (χ0) is 10.8. The van der Waals surface area contributed by atoms with Crippen molar-refractivity contribution >= 4 is 28.9 Å². The van der Waals surface area contributed by atoms with E-state index in [2.05, 4.69) is 5.32 Å². The molecule has 0 aromatic heterocycles. The molecule has 0 spiro atoms. The number of allylic oxidation sites excluding steroid dienone is 1. The van der Waals surface area contributed by atoms with Crippen molar-refractivity contribution in [3.63, 3.8) is 0 Å². The Morgan fingerprint density at radius 2 is 2.00 bits per heavy atom. The van der Waals surface area contributed by atoms with E-state index in [4.69, 9.17) is 12.2 Å². The second-order valence-electron chi connectivity index (χ2n) is 3.11. The molecule has 1 amide bonds. The molecular weight excluding hydrogens is 208 g/mol. The number of benzene rings is 1. The lowest BCUT2D eigenvalue weighted by Crippen LogP contribution is -2.30. The van der Waals surface area contributed by atoms with Gasteiger partial charge in [-0.1, -0.05) is 24.3 Å². The molecule has 1 aliphatic heterocycles. The summed E-state index contributed by atoms with van der Waals surface area (Å²) in [7, 11) is 0. The van der Waals surface area contributed by atoms with E-state index in [1.807, 2.05) is 30.3 Å². The molecule has 1 aromatic rings. The van der Waals surface area contributed by atoms with Crippen LogP contribution in [0.1, 0.15) is 6.92 Å². The van der Waals surface area contributed by atoms with Gasteiger partial charge >= 0.3 is 0 Å². The number of carbonyl (C=O) groups excluding carboxylic acids is 1. The van der Waals surface area contributed by atoms with E-state index >= 15 is 0 Å². The summed E-state index contributed by atoms with van der Waals surface area (Å²) in [5.41, 5.74) is 1.32. The van der Waals surface area contributed by atoms with Crippen molar-refractivity contribution in [2.24, 2.45) is 0 Å². The third-order valence-electron chi connectivity index (χ3n) is 2.18. The number of anilines is 1. The number of rotatable bonds is 1. The Kier molecular flexibility index (Phi) is 2.51. The summed E-state index contributed by atoms with van der Waals surface area (Å²) in [5, 5.41) is 3.30. The summed E-state index contributed by atoms with van der Waals surface area (Å²) >= 11 is 5.10. The third kappa shape index (κ3) is 1.64. The van der Waals surface area contributed by atoms with Crippen LogP contribution in [0, 0.1) is 0 Å². The quantitative estimate of drug-likeness (QED) is 0.576. The lowest BCUT2D eigenvalue weighted by molar-refractivity contribution is -0.113. The molecule has 0 saturated carbocycles. The van der Waals surface area contributed by atoms with Crippen molar-refractivity contribution in [3.8, 4) is 0 Å². The van der Waals surface area contributed by atoms with Gasteiger partial charge in [-0.2, -0.15) is 0 Å². The van der Waals surface area contributed by atoms with Gasteiger partial charge in [-0.05, 0) is 31.3 Å². The molecule has 0 unspecified atom stereocenters. The first-order chi connectivity index (χ1) is 7.24. The highest BCUT2D eigenvalue weighted by Crippen LogP contribution is 2.20. The van der Waals surface area contributed by atoms with E-state index < -0.39 is 0 Å². The van der Waals surface area contributed by atoms with Gasteiger partial charge in [0.15, 0.2) is 5.11 Å². The Bertz CT molecular complexity index is 439. The van der Waals surface area contributed by atoms with Crippen LogP contribution in [0.15, 0.2) is 42.1 Å². The van der Waals surface area contributed by atoms with Crippen LogP contribution in [0.4, 0.5) is 5.69 Å². The van der Waals surface area contributed by atoms with Gasteiger partial charge in [0.25, 0.3) is 5.91 Å². The van der Waals surface area contributed by atoms with Crippen LogP contribution >= 0.6 is 12.2 Å². The van der Waals surface area contributed by atoms with E-state index in [0.717, 1.165) is 5.69 Å². The van der Waals surface area contributed by atoms with Gasteiger partial charge in [0.1, 0.15) is 5.70 Å². The number of carbonyl (C=O) groups is 1. The van der Waals surface area contributed by atoms with Gasteiger partial charge in [-0.25, -0.2) is 0 Å². The third-order valence-corrected chi connectivity index (χ3v) is 2.47. The standard InChI is InChI=1S/C11H10N2OS/c1-2-9-10(14)13(11(15)12-9)8-6-4-3-5-7-8/h2-7H,1H3,(H,12,15)/b9-2-. The minimum atomic E-state index is -0.103. The number of hydrogen-bond donors (Lipinski definition) is 1. The summed E-state index contributed by atoms with van der Waals surface area (Å²) in [6.07, 6.45) is 1.72. The molecule has 76 valence electrons. The van der Waals surface area contributed by atoms with Crippen molar-refractivity contribution < 1.29 is 4.79 Å². The van der Waals surface area contributed by atoms with Gasteiger partial charge in [0.05, 0.1) is 5.69 Å². The maximum Gasteiger partial charge on any atom is 0.280 e. The summed E-state index contributed by atoms with van der Waals surface area (Å²) in [5.74, 6) is -0.103. The smallest absolute Gasteiger partial charge is 0.280 e. The number of para-hydroxylation sites is 1. The van der Waals surface area contributed by atoms with Gasteiger partial charge in [-0.3, -0.25) is 9.69 Å². The minimum absolute atomic E-state index is 0.103. The molecule has 1 N–H and O–H groups in total. The van der Waals surface area contributed by atoms with Crippen molar-refractivity contribution in [1.82, 2.24) is 5.32 Å². The van der Waals surface area contributed by atoms with Crippen molar-refractivity contribution in [1.29, 1.82) is 0 Å². The number of nitrogens with one attached hydrogen (secondary N) is 1. The molecule has 0 aliphatic carbocycles. The number of thiocarbonyl (C=S) groups is 1. The van der Waals surface area contributed by atoms with Gasteiger partial charge in [-0.15, -0.1) is 0 Å². The van der Waals surface area contributed by atoms with Crippen LogP contribution < -0.4 is 10.2 Å². The fraction of sp³-hybridized carbons (Fsp3) is 0.0909. The summed E-state index contributed by atoms with van der Waals surface area (Å²) in [6.45, 7) is 1.80. The highest BCUT2D eigenvalue weighted by atomic mass is 32.1. The van der Waals surface area contributed by atoms with Crippen molar-refractivity contribution in [2.75, 3.05) is 4.90 Å². The van der Waals surface area contributed by atoms with E-state index in [1.54, 1.807) is 13.0 Å². The fourth-order valence-corrected chi connectivity index (χ4v) is 1.74. The van der Waals surface area contributed by atoms with Crippen molar-refractivity contribution in [2.45, 2.75) is 6.92 Å². The highest BCUT2D eigenvalue weighted by Gasteiger charge is 2.30. The average Bonchev–Trinajstić information content (AvgIpc) is 2.55. The summed E-state index contributed by atoms with van der Waals surface area (Å²) < 4.78 is 0. The van der Waals surface area contributed by atoms with Gasteiger partial charge < -0.3 is 5.32 Å². The number of nitrogens with zero attached hydrogens (tertiary/aromatic N) is 1. The van der Waals surface area contributed by atoms with E-state index in [1.165, 1.54) is 4.90 Å².